The van der Waals surface area contributed by atoms with Crippen LogP contribution in [0.25, 0.3) is 11.2 Å². The second-order valence-electron chi connectivity index (χ2n) is 8.14. The number of hydrogen-bond donors (Lipinski definition) is 2. The van der Waals surface area contributed by atoms with Gasteiger partial charge in [0.1, 0.15) is 12.7 Å². The van der Waals surface area contributed by atoms with E-state index in [0.29, 0.717) is 11.3 Å². The molecule has 3 heterocycles. The molecule has 12 nitrogen and oxygen atoms in total. The third-order valence-electron chi connectivity index (χ3n) is 5.03. The van der Waals surface area contributed by atoms with Gasteiger partial charge in [-0.1, -0.05) is 13.8 Å². The zero-order chi connectivity index (χ0) is 24.5. The van der Waals surface area contributed by atoms with Crippen LogP contribution in [0.3, 0.4) is 0 Å². The van der Waals surface area contributed by atoms with Gasteiger partial charge >= 0.3 is 11.9 Å². The van der Waals surface area contributed by atoms with Crippen molar-refractivity contribution in [3.05, 3.63) is 6.33 Å². The van der Waals surface area contributed by atoms with Crippen molar-refractivity contribution >= 4 is 40.8 Å². The average Bonchev–Trinajstić information content (AvgIpc) is 3.23. The molecule has 0 spiro atoms. The number of amides is 1. The van der Waals surface area contributed by atoms with Crippen molar-refractivity contribution < 1.29 is 33.0 Å². The summed E-state index contributed by atoms with van der Waals surface area (Å²) in [6.45, 7) is 6.68. The number of alkyl halides is 1. The first-order valence-corrected chi connectivity index (χ1v) is 10.3. The van der Waals surface area contributed by atoms with E-state index in [9.17, 15) is 14.4 Å². The van der Waals surface area contributed by atoms with E-state index in [2.05, 4.69) is 25.6 Å². The molecule has 0 unspecified atom stereocenters. The molecule has 33 heavy (non-hydrogen) atoms. The number of carbonyl (C=O) groups is 3. The number of rotatable bonds is 7. The second-order valence-corrected chi connectivity index (χ2v) is 8.14. The van der Waals surface area contributed by atoms with E-state index in [1.54, 1.807) is 20.9 Å². The van der Waals surface area contributed by atoms with Gasteiger partial charge in [0.2, 0.25) is 11.9 Å². The lowest BCUT2D eigenvalue weighted by Gasteiger charge is -2.27. The monoisotopic (exact) mass is 466 g/mol. The number of hydrogen-bond acceptors (Lipinski definition) is 10. The third-order valence-corrected chi connectivity index (χ3v) is 5.03. The van der Waals surface area contributed by atoms with Crippen LogP contribution in [0.5, 0.6) is 0 Å². The lowest BCUT2D eigenvalue weighted by atomic mass is 9.98. The summed E-state index contributed by atoms with van der Waals surface area (Å²) in [6, 6.07) is 0. The van der Waals surface area contributed by atoms with Gasteiger partial charge in [-0.25, -0.2) is 9.37 Å². The van der Waals surface area contributed by atoms with Gasteiger partial charge in [-0.05, 0) is 6.92 Å². The number of fused-ring (bicyclic) bond motifs is 1. The van der Waals surface area contributed by atoms with E-state index in [4.69, 9.17) is 14.2 Å². The number of nitrogens with zero attached hydrogens (tertiary/aromatic N) is 4. The quantitative estimate of drug-likeness (QED) is 0.577. The number of halogens is 1. The number of ether oxygens (including phenoxy) is 3. The first-order chi connectivity index (χ1) is 15.4. The van der Waals surface area contributed by atoms with Crippen LogP contribution in [0, 0.1) is 5.92 Å². The Bertz CT molecular complexity index is 1070. The predicted molar refractivity (Wildman–Crippen MR) is 114 cm³/mol. The zero-order valence-corrected chi connectivity index (χ0v) is 19.2. The molecule has 1 aliphatic rings. The number of aromatic nitrogens is 4. The van der Waals surface area contributed by atoms with E-state index in [0.717, 1.165) is 6.92 Å². The summed E-state index contributed by atoms with van der Waals surface area (Å²) >= 11 is 0. The molecule has 0 bridgehead atoms. The van der Waals surface area contributed by atoms with Gasteiger partial charge in [0.25, 0.3) is 0 Å². The van der Waals surface area contributed by atoms with Crippen LogP contribution in [0.1, 0.15) is 40.8 Å². The smallest absolute Gasteiger partial charge is 0.308 e. The van der Waals surface area contributed by atoms with E-state index in [1.165, 1.54) is 24.7 Å². The number of imidazole rings is 1. The largest absolute Gasteiger partial charge is 0.463 e. The summed E-state index contributed by atoms with van der Waals surface area (Å²) in [5.41, 5.74) is -1.76. The van der Waals surface area contributed by atoms with Crippen molar-refractivity contribution in [2.75, 3.05) is 24.3 Å². The topological polar surface area (TPSA) is 147 Å². The summed E-state index contributed by atoms with van der Waals surface area (Å²) in [5.74, 6) is -1.71. The first kappa shape index (κ1) is 24.3. The molecule has 2 aromatic heterocycles. The fourth-order valence-electron chi connectivity index (χ4n) is 3.51. The molecule has 180 valence electrons. The molecule has 1 fully saturated rings. The second kappa shape index (κ2) is 9.25. The number of carbonyl (C=O) groups excluding carboxylic acids is 3. The van der Waals surface area contributed by atoms with Gasteiger partial charge in [0.05, 0.1) is 12.2 Å². The Kier molecular flexibility index (Phi) is 6.81. The lowest BCUT2D eigenvalue weighted by Crippen LogP contribution is -2.44. The van der Waals surface area contributed by atoms with Gasteiger partial charge < -0.3 is 19.5 Å². The van der Waals surface area contributed by atoms with Crippen LogP contribution in [0.15, 0.2) is 6.33 Å². The molecule has 0 radical (unpaired) electrons. The molecule has 2 N–H and O–H groups in total. The molecule has 0 saturated carbocycles. The Balaban J connectivity index is 2.02. The van der Waals surface area contributed by atoms with Crippen molar-refractivity contribution in [3.8, 4) is 0 Å². The van der Waals surface area contributed by atoms with Crippen molar-refractivity contribution in [2.24, 2.45) is 5.92 Å². The van der Waals surface area contributed by atoms with Gasteiger partial charge in [0.15, 0.2) is 35.0 Å². The van der Waals surface area contributed by atoms with Gasteiger partial charge in [-0.15, -0.1) is 0 Å². The number of anilines is 2. The minimum absolute atomic E-state index is 0.0152. The first-order valence-electron chi connectivity index (χ1n) is 10.3. The molecule has 13 heteroatoms. The minimum atomic E-state index is -2.24. The highest BCUT2D eigenvalue weighted by Crippen LogP contribution is 2.44. The zero-order valence-electron chi connectivity index (χ0n) is 19.2. The predicted octanol–water partition coefficient (Wildman–Crippen LogP) is 1.58. The maximum absolute atomic E-state index is 16.1. The average molecular weight is 466 g/mol. The minimum Gasteiger partial charge on any atom is -0.463 e. The van der Waals surface area contributed by atoms with Crippen molar-refractivity contribution in [1.82, 2.24) is 19.5 Å². The molecule has 0 aliphatic carbocycles. The summed E-state index contributed by atoms with van der Waals surface area (Å²) in [4.78, 5) is 47.8. The van der Waals surface area contributed by atoms with E-state index in [1.807, 2.05) is 0 Å². The molecule has 1 saturated heterocycles. The maximum atomic E-state index is 16.1. The maximum Gasteiger partial charge on any atom is 0.308 e. The summed E-state index contributed by atoms with van der Waals surface area (Å²) < 4.78 is 33.8. The highest BCUT2D eigenvalue weighted by atomic mass is 19.1. The van der Waals surface area contributed by atoms with Crippen LogP contribution in [0.2, 0.25) is 0 Å². The molecule has 1 amide bonds. The number of nitrogens with one attached hydrogen (secondary N) is 2. The SMILES string of the molecule is CNc1nc(NC(C)=O)nc2c1ncn2[C@@H]1O[C@H](COC(=O)C(C)C)[C@@H](OC(C)=O)[C@@]1(C)F. The molecule has 4 atom stereocenters. The van der Waals surface area contributed by atoms with Gasteiger partial charge in [-0.2, -0.15) is 9.97 Å². The highest BCUT2D eigenvalue weighted by molar-refractivity contribution is 5.90. The highest BCUT2D eigenvalue weighted by Gasteiger charge is 2.58. The van der Waals surface area contributed by atoms with Crippen molar-refractivity contribution in [2.45, 2.75) is 58.7 Å². The van der Waals surface area contributed by atoms with E-state index in [-0.39, 0.29) is 18.2 Å². The van der Waals surface area contributed by atoms with E-state index < -0.39 is 47.9 Å². The molecule has 2 aromatic rings. The molecule has 3 rings (SSSR count). The van der Waals surface area contributed by atoms with Crippen LogP contribution < -0.4 is 10.6 Å². The Hall–Kier alpha value is -3.35. The Morgan fingerprint density at radius 1 is 1.30 bits per heavy atom. The lowest BCUT2D eigenvalue weighted by molar-refractivity contribution is -0.160. The van der Waals surface area contributed by atoms with E-state index >= 15 is 4.39 Å². The Morgan fingerprint density at radius 3 is 2.58 bits per heavy atom. The van der Waals surface area contributed by atoms with Gasteiger partial charge in [0, 0.05) is 20.9 Å². The Morgan fingerprint density at radius 2 is 2.00 bits per heavy atom. The molecule has 1 aliphatic heterocycles. The number of esters is 2. The normalized spacial score (nSPS) is 24.7. The van der Waals surface area contributed by atoms with Crippen molar-refractivity contribution in [3.63, 3.8) is 0 Å². The molecular formula is C20H27FN6O6. The standard InChI is InChI=1S/C20H27FN6O6/c1-9(2)17(30)31-7-12-14(32-11(4)29)20(5,21)18(33-12)27-8-23-13-15(22-6)25-19(24-10(3)28)26-16(13)27/h8-9,12,14,18H,7H2,1-6H3,(H2,22,24,25,26,28)/t12-,14-,18-,20-/m1/s1. The Labute approximate surface area is 189 Å². The molecular weight excluding hydrogens is 439 g/mol. The summed E-state index contributed by atoms with van der Waals surface area (Å²) in [6.07, 6.45) is -2.46. The van der Waals surface area contributed by atoms with Crippen LogP contribution in [-0.4, -0.2) is 68.9 Å². The van der Waals surface area contributed by atoms with Gasteiger partial charge in [-0.3, -0.25) is 24.3 Å². The third kappa shape index (κ3) is 4.87. The molecule has 0 aromatic carbocycles. The van der Waals surface area contributed by atoms with Crippen LogP contribution >= 0.6 is 0 Å². The fraction of sp³-hybridized carbons (Fsp3) is 0.600. The summed E-state index contributed by atoms with van der Waals surface area (Å²) in [7, 11) is 1.61. The van der Waals surface area contributed by atoms with Crippen molar-refractivity contribution in [1.29, 1.82) is 0 Å². The fourth-order valence-corrected chi connectivity index (χ4v) is 3.51. The summed E-state index contributed by atoms with van der Waals surface area (Å²) in [5, 5.41) is 5.34. The van der Waals surface area contributed by atoms with Crippen LogP contribution in [-0.2, 0) is 28.6 Å². The van der Waals surface area contributed by atoms with Crippen LogP contribution in [0.4, 0.5) is 16.2 Å².